The summed E-state index contributed by atoms with van der Waals surface area (Å²) in [5, 5.41) is 20.0. The van der Waals surface area contributed by atoms with E-state index in [2.05, 4.69) is 25.7 Å². The first-order chi connectivity index (χ1) is 20.6. The zero-order chi connectivity index (χ0) is 31.2. The van der Waals surface area contributed by atoms with Gasteiger partial charge in [-0.3, -0.25) is 18.6 Å². The van der Waals surface area contributed by atoms with Gasteiger partial charge in [0.25, 0.3) is 0 Å². The topological polar surface area (TPSA) is 155 Å². The molecule has 2 unspecified atom stereocenters. The lowest BCUT2D eigenvalue weighted by atomic mass is 9.83. The first-order valence-corrected chi connectivity index (χ1v) is 17.2. The number of aliphatic hydroxyl groups is 1. The van der Waals surface area contributed by atoms with Crippen LogP contribution in [0.5, 0.6) is 0 Å². The summed E-state index contributed by atoms with van der Waals surface area (Å²) < 4.78 is 24.2. The van der Waals surface area contributed by atoms with Gasteiger partial charge in [-0.25, -0.2) is 14.6 Å². The van der Waals surface area contributed by atoms with Crippen LogP contribution in [0, 0.1) is 11.8 Å². The Morgan fingerprint density at radius 2 is 1.67 bits per heavy atom. The summed E-state index contributed by atoms with van der Waals surface area (Å²) in [6.07, 6.45) is 8.96. The van der Waals surface area contributed by atoms with E-state index in [1.165, 1.54) is 6.42 Å². The minimum absolute atomic E-state index is 0.0846. The number of hydrogen-bond donors (Lipinski definition) is 5. The molecule has 11 nitrogen and oxygen atoms in total. The van der Waals surface area contributed by atoms with Crippen LogP contribution in [0.15, 0.2) is 42.7 Å². The lowest BCUT2D eigenvalue weighted by Crippen LogP contribution is -2.55. The van der Waals surface area contributed by atoms with Gasteiger partial charge in [-0.15, -0.1) is 0 Å². The highest BCUT2D eigenvalue weighted by Gasteiger charge is 2.35. The minimum atomic E-state index is -3.80. The van der Waals surface area contributed by atoms with Crippen LogP contribution in [0.25, 0.3) is 0 Å². The van der Waals surface area contributed by atoms with Crippen molar-refractivity contribution in [2.24, 2.45) is 11.8 Å². The molecule has 1 aliphatic rings. The van der Waals surface area contributed by atoms with Crippen LogP contribution < -0.4 is 15.7 Å². The third-order valence-corrected chi connectivity index (χ3v) is 9.50. The highest BCUT2D eigenvalue weighted by Crippen LogP contribution is 2.44. The maximum atomic E-state index is 13.8. The summed E-state index contributed by atoms with van der Waals surface area (Å²) in [6, 6.07) is 6.88. The highest BCUT2D eigenvalue weighted by molar-refractivity contribution is 7.51. The zero-order valence-corrected chi connectivity index (χ0v) is 26.9. The molecule has 1 heterocycles. The van der Waals surface area contributed by atoms with E-state index in [0.717, 1.165) is 31.2 Å². The molecular formula is C31H50N5O6P. The predicted octanol–water partition coefficient (Wildman–Crippen LogP) is 4.81. The second-order valence-electron chi connectivity index (χ2n) is 11.7. The average Bonchev–Trinajstić information content (AvgIpc) is 3.52. The predicted molar refractivity (Wildman–Crippen MR) is 166 cm³/mol. The Morgan fingerprint density at radius 1 is 1.02 bits per heavy atom. The van der Waals surface area contributed by atoms with Crippen molar-refractivity contribution in [2.75, 3.05) is 13.2 Å². The summed E-state index contributed by atoms with van der Waals surface area (Å²) >= 11 is 0. The Hall–Kier alpha value is -2.56. The van der Waals surface area contributed by atoms with Gasteiger partial charge in [0.05, 0.1) is 19.3 Å². The smallest absolute Gasteiger partial charge is 0.383 e. The van der Waals surface area contributed by atoms with Crippen LogP contribution >= 0.6 is 7.75 Å². The van der Waals surface area contributed by atoms with Crippen LogP contribution in [0.1, 0.15) is 90.1 Å². The van der Waals surface area contributed by atoms with E-state index in [-0.39, 0.29) is 31.5 Å². The molecule has 0 saturated heterocycles. The number of carbonyl (C=O) groups excluding carboxylic acids is 2. The summed E-state index contributed by atoms with van der Waals surface area (Å²) in [5.41, 5.74) is 0.841. The fourth-order valence-corrected chi connectivity index (χ4v) is 7.12. The molecule has 1 aliphatic carbocycles. The SMILES string of the molecule is CCOP(=O)(N[C@H](Cc1ccccc1)C(=O)NC(CC(C)C)C(=O)NC(CC1CCCCC1)[C@H](O)c1ncc[nH]1)OCC. The summed E-state index contributed by atoms with van der Waals surface area (Å²) in [7, 11) is -3.80. The number of aromatic nitrogens is 2. The number of aliphatic hydroxyl groups excluding tert-OH is 1. The van der Waals surface area contributed by atoms with Crippen LogP contribution in [0.2, 0.25) is 0 Å². The molecule has 4 atom stereocenters. The maximum absolute atomic E-state index is 13.8. The van der Waals surface area contributed by atoms with Crippen molar-refractivity contribution in [3.05, 3.63) is 54.1 Å². The standard InChI is InChI=1S/C31H50N5O6P/c1-5-41-43(40,42-6-2)36-27(21-24-15-11-8-12-16-24)31(39)35-26(19-22(3)4)30(38)34-25(20-23-13-9-7-10-14-23)28(37)29-32-17-18-33-29/h8,11-12,15-18,22-23,25-28,37H,5-7,9-10,13-14,19-21H2,1-4H3,(H,32,33)(H,34,38)(H,35,39)(H,36,40)/t25?,26?,27-,28+/m1/s1. The van der Waals surface area contributed by atoms with E-state index in [1.807, 2.05) is 44.2 Å². The van der Waals surface area contributed by atoms with Crippen LogP contribution in [0.4, 0.5) is 0 Å². The quantitative estimate of drug-likeness (QED) is 0.149. The number of amides is 2. The molecule has 0 bridgehead atoms. The van der Waals surface area contributed by atoms with Gasteiger partial charge in [0.2, 0.25) is 11.8 Å². The summed E-state index contributed by atoms with van der Waals surface area (Å²) in [4.78, 5) is 34.8. The van der Waals surface area contributed by atoms with Crippen molar-refractivity contribution in [3.63, 3.8) is 0 Å². The molecule has 0 spiro atoms. The normalized spacial score (nSPS) is 17.3. The van der Waals surface area contributed by atoms with Crippen molar-refractivity contribution in [1.82, 2.24) is 25.7 Å². The lowest BCUT2D eigenvalue weighted by molar-refractivity contribution is -0.131. The lowest BCUT2D eigenvalue weighted by Gasteiger charge is -2.31. The van der Waals surface area contributed by atoms with Crippen LogP contribution in [0.3, 0.4) is 0 Å². The fourth-order valence-electron chi connectivity index (χ4n) is 5.63. The zero-order valence-electron chi connectivity index (χ0n) is 26.0. The molecule has 0 radical (unpaired) electrons. The van der Waals surface area contributed by atoms with E-state index in [4.69, 9.17) is 9.05 Å². The molecule has 0 aliphatic heterocycles. The second kappa shape index (κ2) is 17.7. The molecule has 240 valence electrons. The molecule has 2 amide bonds. The fraction of sp³-hybridized carbons (Fsp3) is 0.645. The summed E-state index contributed by atoms with van der Waals surface area (Å²) in [6.45, 7) is 7.60. The largest absolute Gasteiger partial charge is 0.406 e. The molecule has 12 heteroatoms. The molecule has 5 N–H and O–H groups in total. The monoisotopic (exact) mass is 619 g/mol. The Morgan fingerprint density at radius 3 is 2.26 bits per heavy atom. The van der Waals surface area contributed by atoms with Crippen LogP contribution in [-0.4, -0.2) is 58.2 Å². The average molecular weight is 620 g/mol. The van der Waals surface area contributed by atoms with Crippen molar-refractivity contribution in [3.8, 4) is 0 Å². The number of nitrogens with zero attached hydrogens (tertiary/aromatic N) is 1. The molecule has 1 saturated carbocycles. The van der Waals surface area contributed by atoms with Gasteiger partial charge in [0.1, 0.15) is 24.0 Å². The van der Waals surface area contributed by atoms with Crippen molar-refractivity contribution in [1.29, 1.82) is 0 Å². The Balaban J connectivity index is 1.82. The first kappa shape index (κ1) is 34.9. The molecule has 1 aromatic carbocycles. The number of nitrogens with one attached hydrogen (secondary N) is 4. The number of H-pyrrole nitrogens is 1. The van der Waals surface area contributed by atoms with Gasteiger partial charge in [-0.2, -0.15) is 0 Å². The van der Waals surface area contributed by atoms with E-state index in [9.17, 15) is 19.3 Å². The first-order valence-electron chi connectivity index (χ1n) is 15.6. The molecular weight excluding hydrogens is 569 g/mol. The summed E-state index contributed by atoms with van der Waals surface area (Å²) in [5.74, 6) is -0.0291. The van der Waals surface area contributed by atoms with Gasteiger partial charge < -0.3 is 20.7 Å². The van der Waals surface area contributed by atoms with Gasteiger partial charge in [-0.1, -0.05) is 76.3 Å². The van der Waals surface area contributed by atoms with Gasteiger partial charge in [0.15, 0.2) is 0 Å². The number of hydrogen-bond acceptors (Lipinski definition) is 7. The molecule has 43 heavy (non-hydrogen) atoms. The van der Waals surface area contributed by atoms with Gasteiger partial charge >= 0.3 is 7.75 Å². The molecule has 3 rings (SSSR count). The highest BCUT2D eigenvalue weighted by atomic mass is 31.2. The van der Waals surface area contributed by atoms with Gasteiger partial charge in [0, 0.05) is 12.4 Å². The number of rotatable bonds is 18. The number of carbonyl (C=O) groups is 2. The van der Waals surface area contributed by atoms with Crippen molar-refractivity contribution in [2.45, 2.75) is 103 Å². The van der Waals surface area contributed by atoms with E-state index in [0.29, 0.717) is 24.6 Å². The molecule has 1 fully saturated rings. The molecule has 2 aromatic rings. The van der Waals surface area contributed by atoms with Crippen molar-refractivity contribution >= 4 is 19.6 Å². The third-order valence-electron chi connectivity index (χ3n) is 7.67. The number of aromatic amines is 1. The van der Waals surface area contributed by atoms with E-state index >= 15 is 0 Å². The Bertz CT molecular complexity index is 1130. The number of imidazole rings is 1. The second-order valence-corrected chi connectivity index (χ2v) is 13.4. The Kier molecular flexibility index (Phi) is 14.3. The number of benzene rings is 1. The van der Waals surface area contributed by atoms with Crippen molar-refractivity contribution < 1.29 is 28.3 Å². The van der Waals surface area contributed by atoms with E-state index < -0.39 is 37.9 Å². The third kappa shape index (κ3) is 11.5. The minimum Gasteiger partial charge on any atom is -0.383 e. The maximum Gasteiger partial charge on any atom is 0.406 e. The van der Waals surface area contributed by atoms with E-state index in [1.54, 1.807) is 26.2 Å². The Labute approximate surface area is 255 Å². The van der Waals surface area contributed by atoms with Gasteiger partial charge in [-0.05, 0) is 50.5 Å². The molecule has 1 aromatic heterocycles. The van der Waals surface area contributed by atoms with Crippen LogP contribution in [-0.2, 0) is 29.6 Å².